The second-order valence-electron chi connectivity index (χ2n) is 5.23. The minimum Gasteiger partial charge on any atom is -0.352 e. The smallest absolute Gasteiger partial charge is 0.243 e. The number of rotatable bonds is 2. The van der Waals surface area contributed by atoms with Crippen molar-refractivity contribution in [2.75, 3.05) is 11.4 Å². The number of hydrogen-bond donors (Lipinski definition) is 1. The number of halogens is 1. The number of benzene rings is 1. The molecule has 1 saturated heterocycles. The topological polar surface area (TPSA) is 56.1 Å². The van der Waals surface area contributed by atoms with E-state index in [4.69, 9.17) is 5.26 Å². The van der Waals surface area contributed by atoms with Crippen LogP contribution < -0.4 is 10.2 Å². The Morgan fingerprint density at radius 2 is 2.21 bits per heavy atom. The van der Waals surface area contributed by atoms with Gasteiger partial charge >= 0.3 is 0 Å². The van der Waals surface area contributed by atoms with Gasteiger partial charge in [-0.2, -0.15) is 5.26 Å². The molecule has 100 valence electrons. The van der Waals surface area contributed by atoms with E-state index in [1.165, 1.54) is 6.07 Å². The summed E-state index contributed by atoms with van der Waals surface area (Å²) in [6, 6.07) is 7.67. The highest BCUT2D eigenvalue weighted by Crippen LogP contribution is 2.32. The number of para-hydroxylation sites is 1. The normalized spacial score (nSPS) is 21.7. The van der Waals surface area contributed by atoms with Crippen LogP contribution in [0.5, 0.6) is 0 Å². The molecule has 1 unspecified atom stereocenters. The van der Waals surface area contributed by atoms with E-state index in [1.54, 1.807) is 23.1 Å². The van der Waals surface area contributed by atoms with Crippen molar-refractivity contribution in [1.29, 1.82) is 5.26 Å². The molecule has 5 heteroatoms. The first-order valence-corrected chi connectivity index (χ1v) is 6.16. The molecule has 19 heavy (non-hydrogen) atoms. The number of amides is 1. The first-order valence-electron chi connectivity index (χ1n) is 6.16. The zero-order valence-corrected chi connectivity index (χ0v) is 11.0. The highest BCUT2D eigenvalue weighted by Gasteiger charge is 2.42. The molecule has 0 spiro atoms. The van der Waals surface area contributed by atoms with Crippen LogP contribution in [-0.2, 0) is 4.79 Å². The minimum atomic E-state index is -0.661. The van der Waals surface area contributed by atoms with Crippen LogP contribution in [0.4, 0.5) is 10.1 Å². The molecular weight excluding hydrogens is 245 g/mol. The third kappa shape index (κ3) is 2.39. The molecule has 4 nitrogen and oxygen atoms in total. The predicted molar refractivity (Wildman–Crippen MR) is 70.0 cm³/mol. The van der Waals surface area contributed by atoms with E-state index in [9.17, 15) is 9.18 Å². The molecular formula is C14H16FN3O. The maximum absolute atomic E-state index is 14.0. The zero-order valence-electron chi connectivity index (χ0n) is 11.0. The Bertz CT molecular complexity index is 536. The Hall–Kier alpha value is -2.09. The summed E-state index contributed by atoms with van der Waals surface area (Å²) in [4.78, 5) is 13.7. The highest BCUT2D eigenvalue weighted by molar-refractivity contribution is 5.87. The molecule has 1 aromatic carbocycles. The lowest BCUT2D eigenvalue weighted by Crippen LogP contribution is -2.66. The van der Waals surface area contributed by atoms with Gasteiger partial charge in [-0.05, 0) is 26.0 Å². The molecule has 1 heterocycles. The van der Waals surface area contributed by atoms with Crippen molar-refractivity contribution < 1.29 is 9.18 Å². The Labute approximate surface area is 111 Å². The van der Waals surface area contributed by atoms with Crippen molar-refractivity contribution in [2.24, 2.45) is 0 Å². The number of piperazine rings is 1. The predicted octanol–water partition coefficient (Wildman–Crippen LogP) is 1.82. The quantitative estimate of drug-likeness (QED) is 0.883. The van der Waals surface area contributed by atoms with E-state index in [0.717, 1.165) is 0 Å². The summed E-state index contributed by atoms with van der Waals surface area (Å²) >= 11 is 0. The van der Waals surface area contributed by atoms with Gasteiger partial charge in [0.2, 0.25) is 5.91 Å². The molecule has 1 fully saturated rings. The van der Waals surface area contributed by atoms with Crippen molar-refractivity contribution in [3.63, 3.8) is 0 Å². The first-order chi connectivity index (χ1) is 8.97. The molecule has 0 aromatic heterocycles. The average Bonchev–Trinajstić information content (AvgIpc) is 2.36. The molecule has 0 bridgehead atoms. The second-order valence-corrected chi connectivity index (χ2v) is 5.23. The summed E-state index contributed by atoms with van der Waals surface area (Å²) in [5, 5.41) is 11.7. The van der Waals surface area contributed by atoms with Crippen LogP contribution in [0.25, 0.3) is 0 Å². The van der Waals surface area contributed by atoms with Gasteiger partial charge in [-0.15, -0.1) is 0 Å². The summed E-state index contributed by atoms with van der Waals surface area (Å²) in [6.07, 6.45) is 0.0313. The summed E-state index contributed by atoms with van der Waals surface area (Å²) in [7, 11) is 0. The van der Waals surface area contributed by atoms with Crippen molar-refractivity contribution in [1.82, 2.24) is 5.32 Å². The standard InChI is InChI=1S/C14H16FN3O/c1-14(2)9-17-13(19)12(7-8-16)18(14)11-6-4-3-5-10(11)15/h3-6,12H,7,9H2,1-2H3,(H,17,19). The Kier molecular flexibility index (Phi) is 3.43. The second kappa shape index (κ2) is 4.88. The third-order valence-corrected chi connectivity index (χ3v) is 3.36. The van der Waals surface area contributed by atoms with Crippen molar-refractivity contribution in [3.8, 4) is 6.07 Å². The Morgan fingerprint density at radius 3 is 2.84 bits per heavy atom. The zero-order chi connectivity index (χ0) is 14.0. The van der Waals surface area contributed by atoms with E-state index >= 15 is 0 Å². The van der Waals surface area contributed by atoms with E-state index in [-0.39, 0.29) is 18.1 Å². The summed E-state index contributed by atoms with van der Waals surface area (Å²) in [6.45, 7) is 4.26. The van der Waals surface area contributed by atoms with Crippen molar-refractivity contribution >= 4 is 11.6 Å². The minimum absolute atomic E-state index is 0.0313. The largest absolute Gasteiger partial charge is 0.352 e. The summed E-state index contributed by atoms with van der Waals surface area (Å²) in [5.41, 5.74) is -0.0833. The lowest BCUT2D eigenvalue weighted by atomic mass is 9.93. The van der Waals surface area contributed by atoms with Crippen molar-refractivity contribution in [2.45, 2.75) is 31.8 Å². The van der Waals surface area contributed by atoms with Crippen LogP contribution in [0.2, 0.25) is 0 Å². The van der Waals surface area contributed by atoms with Crippen LogP contribution in [0, 0.1) is 17.1 Å². The Morgan fingerprint density at radius 1 is 1.53 bits per heavy atom. The van der Waals surface area contributed by atoms with E-state index in [0.29, 0.717) is 12.2 Å². The number of anilines is 1. The molecule has 1 aliphatic rings. The van der Waals surface area contributed by atoms with Gasteiger partial charge in [0.25, 0.3) is 0 Å². The number of nitriles is 1. The molecule has 1 atom stereocenters. The fraction of sp³-hybridized carbons (Fsp3) is 0.429. The monoisotopic (exact) mass is 261 g/mol. The SMILES string of the molecule is CC1(C)CNC(=O)C(CC#N)N1c1ccccc1F. The van der Waals surface area contributed by atoms with Gasteiger partial charge in [0, 0.05) is 6.54 Å². The fourth-order valence-electron chi connectivity index (χ4n) is 2.46. The molecule has 1 aromatic rings. The number of hydrogen-bond acceptors (Lipinski definition) is 3. The van der Waals surface area contributed by atoms with Crippen LogP contribution in [0.3, 0.4) is 0 Å². The maximum Gasteiger partial charge on any atom is 0.243 e. The van der Waals surface area contributed by atoms with Crippen molar-refractivity contribution in [3.05, 3.63) is 30.1 Å². The Balaban J connectivity index is 2.49. The molecule has 1 N–H and O–H groups in total. The van der Waals surface area contributed by atoms with Gasteiger partial charge in [0.1, 0.15) is 11.9 Å². The summed E-state index contributed by atoms with van der Waals surface area (Å²) in [5.74, 6) is -0.614. The molecule has 1 aliphatic heterocycles. The van der Waals surface area contributed by atoms with Gasteiger partial charge in [-0.3, -0.25) is 4.79 Å². The third-order valence-electron chi connectivity index (χ3n) is 3.36. The van der Waals surface area contributed by atoms with Crippen LogP contribution in [0.15, 0.2) is 24.3 Å². The number of carbonyl (C=O) groups is 1. The van der Waals surface area contributed by atoms with Gasteiger partial charge in [0.15, 0.2) is 0 Å². The van der Waals surface area contributed by atoms with Gasteiger partial charge in [0.05, 0.1) is 23.7 Å². The van der Waals surface area contributed by atoms with Gasteiger partial charge in [-0.1, -0.05) is 12.1 Å². The van der Waals surface area contributed by atoms with Crippen LogP contribution >= 0.6 is 0 Å². The van der Waals surface area contributed by atoms with Gasteiger partial charge < -0.3 is 10.2 Å². The number of nitrogens with one attached hydrogen (secondary N) is 1. The lowest BCUT2D eigenvalue weighted by molar-refractivity contribution is -0.124. The first kappa shape index (κ1) is 13.3. The lowest BCUT2D eigenvalue weighted by Gasteiger charge is -2.48. The highest BCUT2D eigenvalue weighted by atomic mass is 19.1. The maximum atomic E-state index is 14.0. The molecule has 2 rings (SSSR count). The van der Waals surface area contributed by atoms with E-state index in [2.05, 4.69) is 5.32 Å². The molecule has 0 aliphatic carbocycles. The number of carbonyl (C=O) groups excluding carboxylic acids is 1. The van der Waals surface area contributed by atoms with Crippen LogP contribution in [-0.4, -0.2) is 24.0 Å². The van der Waals surface area contributed by atoms with Crippen LogP contribution in [0.1, 0.15) is 20.3 Å². The number of nitrogens with zero attached hydrogens (tertiary/aromatic N) is 2. The van der Waals surface area contributed by atoms with E-state index in [1.807, 2.05) is 19.9 Å². The molecule has 1 amide bonds. The summed E-state index contributed by atoms with van der Waals surface area (Å²) < 4.78 is 14.0. The molecule has 0 radical (unpaired) electrons. The fourth-order valence-corrected chi connectivity index (χ4v) is 2.46. The molecule has 0 saturated carbocycles. The average molecular weight is 261 g/mol. The van der Waals surface area contributed by atoms with Gasteiger partial charge in [-0.25, -0.2) is 4.39 Å². The van der Waals surface area contributed by atoms with E-state index < -0.39 is 11.6 Å².